The lowest BCUT2D eigenvalue weighted by Gasteiger charge is -2.14. The molecule has 180 valence electrons. The van der Waals surface area contributed by atoms with Crippen LogP contribution in [0.2, 0.25) is 5.02 Å². The van der Waals surface area contributed by atoms with Crippen LogP contribution in [0.1, 0.15) is 33.1 Å². The predicted octanol–water partition coefficient (Wildman–Crippen LogP) is 3.40. The summed E-state index contributed by atoms with van der Waals surface area (Å²) >= 11 is 5.97. The summed E-state index contributed by atoms with van der Waals surface area (Å²) < 4.78 is 2.44. The van der Waals surface area contributed by atoms with Crippen molar-refractivity contribution in [1.29, 1.82) is 0 Å². The number of nitrogens with zero attached hydrogens (tertiary/aromatic N) is 2. The van der Waals surface area contributed by atoms with Gasteiger partial charge in [0, 0.05) is 30.2 Å². The molecule has 0 bridgehead atoms. The molecule has 0 spiro atoms. The number of nitrogens with one attached hydrogen (secondary N) is 2. The molecule has 3 aromatic rings. The molecule has 1 heterocycles. The van der Waals surface area contributed by atoms with Crippen molar-refractivity contribution in [2.24, 2.45) is 5.92 Å². The second-order valence-electron chi connectivity index (χ2n) is 8.56. The monoisotopic (exact) mass is 484 g/mol. The maximum atomic E-state index is 13.2. The summed E-state index contributed by atoms with van der Waals surface area (Å²) in [5, 5.41) is 6.42. The first-order valence-corrected chi connectivity index (χ1v) is 11.7. The number of carbonyl (C=O) groups is 2. The van der Waals surface area contributed by atoms with Crippen LogP contribution >= 0.6 is 11.6 Å². The zero-order chi connectivity index (χ0) is 24.7. The maximum Gasteiger partial charge on any atom is 0.331 e. The summed E-state index contributed by atoms with van der Waals surface area (Å²) in [6, 6.07) is 13.4. The topological polar surface area (TPSA) is 102 Å². The smallest absolute Gasteiger partial charge is 0.331 e. The Morgan fingerprint density at radius 3 is 2.47 bits per heavy atom. The fourth-order valence-electron chi connectivity index (χ4n) is 3.59. The highest BCUT2D eigenvalue weighted by molar-refractivity contribution is 6.30. The number of anilines is 1. The van der Waals surface area contributed by atoms with E-state index in [1.807, 2.05) is 13.8 Å². The number of hydrogen-bond acceptors (Lipinski definition) is 4. The molecule has 0 aliphatic carbocycles. The van der Waals surface area contributed by atoms with Gasteiger partial charge in [-0.05, 0) is 49.1 Å². The van der Waals surface area contributed by atoms with Gasteiger partial charge in [-0.1, -0.05) is 43.6 Å². The van der Waals surface area contributed by atoms with Gasteiger partial charge >= 0.3 is 5.69 Å². The summed E-state index contributed by atoms with van der Waals surface area (Å²) in [6.45, 7) is 4.56. The van der Waals surface area contributed by atoms with E-state index in [1.165, 1.54) is 4.57 Å². The summed E-state index contributed by atoms with van der Waals surface area (Å²) in [5.74, 6) is -0.0918. The Bertz CT molecular complexity index is 1300. The van der Waals surface area contributed by atoms with Crippen molar-refractivity contribution >= 4 is 40.0 Å². The molecule has 2 amide bonds. The van der Waals surface area contributed by atoms with E-state index >= 15 is 0 Å². The minimum Gasteiger partial charge on any atom is -0.356 e. The van der Waals surface area contributed by atoms with E-state index in [1.54, 1.807) is 48.5 Å². The van der Waals surface area contributed by atoms with Crippen LogP contribution in [0.3, 0.4) is 0 Å². The molecule has 2 aromatic carbocycles. The lowest BCUT2D eigenvalue weighted by atomic mass is 10.2. The number of amides is 2. The molecule has 0 saturated heterocycles. The zero-order valence-electron chi connectivity index (χ0n) is 19.3. The highest BCUT2D eigenvalue weighted by Gasteiger charge is 2.15. The summed E-state index contributed by atoms with van der Waals surface area (Å²) in [6.07, 6.45) is 1.35. The maximum absolute atomic E-state index is 13.2. The normalized spacial score (nSPS) is 11.1. The number of unbranched alkanes of at least 4 members (excludes halogenated alkanes) is 1. The summed E-state index contributed by atoms with van der Waals surface area (Å²) in [4.78, 5) is 50.8. The van der Waals surface area contributed by atoms with Crippen LogP contribution in [-0.4, -0.2) is 27.5 Å². The average Bonchev–Trinajstić information content (AvgIpc) is 2.80. The van der Waals surface area contributed by atoms with Gasteiger partial charge in [0.15, 0.2) is 0 Å². The van der Waals surface area contributed by atoms with Gasteiger partial charge in [-0.15, -0.1) is 0 Å². The number of para-hydroxylation sites is 1. The second-order valence-corrected chi connectivity index (χ2v) is 8.99. The zero-order valence-corrected chi connectivity index (χ0v) is 20.1. The fraction of sp³-hybridized carbons (Fsp3) is 0.360. The minimum absolute atomic E-state index is 0.0466. The van der Waals surface area contributed by atoms with Gasteiger partial charge < -0.3 is 10.6 Å². The number of hydrogen-bond donors (Lipinski definition) is 2. The third kappa shape index (κ3) is 6.57. The van der Waals surface area contributed by atoms with E-state index in [0.717, 1.165) is 4.57 Å². The minimum atomic E-state index is -0.561. The number of benzene rings is 2. The third-order valence-electron chi connectivity index (χ3n) is 5.29. The van der Waals surface area contributed by atoms with Crippen LogP contribution in [0, 0.1) is 5.92 Å². The molecule has 1 aromatic heterocycles. The predicted molar refractivity (Wildman–Crippen MR) is 134 cm³/mol. The highest BCUT2D eigenvalue weighted by Crippen LogP contribution is 2.15. The molecular weight excluding hydrogens is 456 g/mol. The lowest BCUT2D eigenvalue weighted by Crippen LogP contribution is -2.41. The molecule has 3 rings (SSSR count). The molecule has 2 N–H and O–H groups in total. The first-order chi connectivity index (χ1) is 16.3. The molecule has 8 nitrogen and oxygen atoms in total. The molecule has 0 radical (unpaired) electrons. The van der Waals surface area contributed by atoms with Crippen LogP contribution in [0.25, 0.3) is 10.9 Å². The van der Waals surface area contributed by atoms with Crippen molar-refractivity contribution < 1.29 is 9.59 Å². The van der Waals surface area contributed by atoms with Crippen molar-refractivity contribution in [1.82, 2.24) is 14.5 Å². The molecule has 0 unspecified atom stereocenters. The average molecular weight is 485 g/mol. The Balaban J connectivity index is 1.78. The van der Waals surface area contributed by atoms with Crippen LogP contribution < -0.4 is 21.9 Å². The number of halogens is 1. The fourth-order valence-corrected chi connectivity index (χ4v) is 3.78. The summed E-state index contributed by atoms with van der Waals surface area (Å²) in [5.41, 5.74) is -0.0625. The molecular formula is C25H29ClN4O4. The molecule has 9 heteroatoms. The van der Waals surface area contributed by atoms with E-state index in [9.17, 15) is 19.2 Å². The van der Waals surface area contributed by atoms with Gasteiger partial charge in [0.2, 0.25) is 11.8 Å². The van der Waals surface area contributed by atoms with Crippen LogP contribution in [-0.2, 0) is 22.7 Å². The molecule has 34 heavy (non-hydrogen) atoms. The van der Waals surface area contributed by atoms with Gasteiger partial charge in [0.1, 0.15) is 6.54 Å². The number of rotatable bonds is 10. The first kappa shape index (κ1) is 25.2. The third-order valence-corrected chi connectivity index (χ3v) is 5.52. The Kier molecular flexibility index (Phi) is 8.65. The Labute approximate surface area is 202 Å². The van der Waals surface area contributed by atoms with E-state index < -0.39 is 17.2 Å². The standard InChI is InChI=1S/C25H29ClN4O4/c1-17(2)15-27-22(31)12-5-6-13-29-24(33)20-10-3-4-11-21(20)30(25(29)34)16-23(32)28-19-9-7-8-18(26)14-19/h3-4,7-11,14,17H,5-6,12-13,15-16H2,1-2H3,(H,27,31)(H,28,32). The number of carbonyl (C=O) groups excluding carboxylic acids is 2. The van der Waals surface area contributed by atoms with E-state index in [-0.39, 0.29) is 19.0 Å². The van der Waals surface area contributed by atoms with Crippen molar-refractivity contribution in [3.05, 3.63) is 74.4 Å². The SMILES string of the molecule is CC(C)CNC(=O)CCCCn1c(=O)c2ccccc2n(CC(=O)Nc2cccc(Cl)c2)c1=O. The van der Waals surface area contributed by atoms with Crippen LogP contribution in [0.5, 0.6) is 0 Å². The molecule has 0 atom stereocenters. The summed E-state index contributed by atoms with van der Waals surface area (Å²) in [7, 11) is 0. The molecule has 0 saturated carbocycles. The number of fused-ring (bicyclic) bond motifs is 1. The Hall–Kier alpha value is -3.39. The van der Waals surface area contributed by atoms with Crippen LogP contribution in [0.4, 0.5) is 5.69 Å². The van der Waals surface area contributed by atoms with E-state index in [4.69, 9.17) is 11.6 Å². The molecule has 0 aliphatic rings. The second kappa shape index (κ2) is 11.7. The highest BCUT2D eigenvalue weighted by atomic mass is 35.5. The van der Waals surface area contributed by atoms with Crippen molar-refractivity contribution in [3.63, 3.8) is 0 Å². The molecule has 0 aliphatic heterocycles. The quantitative estimate of drug-likeness (QED) is 0.430. The van der Waals surface area contributed by atoms with Gasteiger partial charge in [-0.3, -0.25) is 23.5 Å². The van der Waals surface area contributed by atoms with Crippen molar-refractivity contribution in [3.8, 4) is 0 Å². The van der Waals surface area contributed by atoms with Gasteiger partial charge in [0.25, 0.3) is 5.56 Å². The Morgan fingerprint density at radius 1 is 0.971 bits per heavy atom. The molecule has 0 fully saturated rings. The van der Waals surface area contributed by atoms with E-state index in [2.05, 4.69) is 10.6 Å². The lowest BCUT2D eigenvalue weighted by molar-refractivity contribution is -0.121. The van der Waals surface area contributed by atoms with Gasteiger partial charge in [-0.25, -0.2) is 4.79 Å². The van der Waals surface area contributed by atoms with Gasteiger partial charge in [-0.2, -0.15) is 0 Å². The largest absolute Gasteiger partial charge is 0.356 e. The van der Waals surface area contributed by atoms with Gasteiger partial charge in [0.05, 0.1) is 10.9 Å². The number of aromatic nitrogens is 2. The van der Waals surface area contributed by atoms with Crippen LogP contribution in [0.15, 0.2) is 58.1 Å². The van der Waals surface area contributed by atoms with Crippen molar-refractivity contribution in [2.45, 2.75) is 46.2 Å². The Morgan fingerprint density at radius 2 is 1.74 bits per heavy atom. The van der Waals surface area contributed by atoms with E-state index in [0.29, 0.717) is 53.3 Å². The first-order valence-electron chi connectivity index (χ1n) is 11.3. The van der Waals surface area contributed by atoms with Crippen molar-refractivity contribution in [2.75, 3.05) is 11.9 Å².